The van der Waals surface area contributed by atoms with Crippen LogP contribution in [0.25, 0.3) is 0 Å². The Bertz CT molecular complexity index is 458. The van der Waals surface area contributed by atoms with Crippen molar-refractivity contribution < 1.29 is 24.9 Å². The van der Waals surface area contributed by atoms with Gasteiger partial charge in [-0.2, -0.15) is 0 Å². The van der Waals surface area contributed by atoms with E-state index in [0.29, 0.717) is 43.9 Å². The maximum atomic E-state index is 13.0. The number of ketones is 2. The van der Waals surface area contributed by atoms with Gasteiger partial charge in [-0.15, -0.1) is 0 Å². The quantitative estimate of drug-likeness (QED) is 0.397. The monoisotopic (exact) mass is 386 g/mol. The summed E-state index contributed by atoms with van der Waals surface area (Å²) >= 11 is 0. The summed E-state index contributed by atoms with van der Waals surface area (Å²) in [6.45, 7) is 13.2. The Morgan fingerprint density at radius 2 is 1.30 bits per heavy atom. The second-order valence-corrected chi connectivity index (χ2v) is 8.99. The molecule has 0 saturated carbocycles. The Labute approximate surface area is 165 Å². The molecular weight excluding hydrogens is 344 g/mol. The van der Waals surface area contributed by atoms with E-state index in [1.54, 1.807) is 6.92 Å². The lowest BCUT2D eigenvalue weighted by atomic mass is 9.71. The van der Waals surface area contributed by atoms with E-state index in [0.717, 1.165) is 0 Å². The van der Waals surface area contributed by atoms with Gasteiger partial charge in [-0.3, -0.25) is 9.59 Å². The number of hydrogen-bond donors (Lipinski definition) is 3. The molecule has 5 unspecified atom stereocenters. The summed E-state index contributed by atoms with van der Waals surface area (Å²) in [7, 11) is 0. The first-order valence-corrected chi connectivity index (χ1v) is 10.5. The van der Waals surface area contributed by atoms with Crippen LogP contribution in [-0.4, -0.2) is 44.7 Å². The summed E-state index contributed by atoms with van der Waals surface area (Å²) in [5.41, 5.74) is -1.95. The molecule has 5 atom stereocenters. The minimum Gasteiger partial charge on any atom is -0.390 e. The average molecular weight is 387 g/mol. The number of carbonyl (C=O) groups is 2. The smallest absolute Gasteiger partial charge is 0.146 e. The zero-order chi connectivity index (χ0) is 21.4. The van der Waals surface area contributed by atoms with Gasteiger partial charge < -0.3 is 15.3 Å². The van der Waals surface area contributed by atoms with Crippen molar-refractivity contribution in [1.82, 2.24) is 0 Å². The lowest BCUT2D eigenvalue weighted by Crippen LogP contribution is -2.59. The van der Waals surface area contributed by atoms with Crippen molar-refractivity contribution in [3.63, 3.8) is 0 Å². The number of aliphatic hydroxyl groups is 3. The molecule has 0 amide bonds. The highest BCUT2D eigenvalue weighted by molar-refractivity contribution is 6.01. The zero-order valence-electron chi connectivity index (χ0n) is 18.4. The van der Waals surface area contributed by atoms with Crippen molar-refractivity contribution >= 4 is 11.6 Å². The van der Waals surface area contributed by atoms with Crippen molar-refractivity contribution in [2.75, 3.05) is 0 Å². The van der Waals surface area contributed by atoms with E-state index in [1.165, 1.54) is 6.92 Å². The fourth-order valence-electron chi connectivity index (χ4n) is 3.37. The second kappa shape index (κ2) is 11.9. The molecule has 0 aliphatic heterocycles. The van der Waals surface area contributed by atoms with E-state index in [-0.39, 0.29) is 23.9 Å². The van der Waals surface area contributed by atoms with Gasteiger partial charge in [0, 0.05) is 5.92 Å². The molecule has 5 nitrogen and oxygen atoms in total. The van der Waals surface area contributed by atoms with Crippen LogP contribution < -0.4 is 0 Å². The van der Waals surface area contributed by atoms with Gasteiger partial charge in [0.05, 0.1) is 24.5 Å². The van der Waals surface area contributed by atoms with Gasteiger partial charge in [-0.25, -0.2) is 0 Å². The number of carbonyl (C=O) groups excluding carboxylic acids is 2. The summed E-state index contributed by atoms with van der Waals surface area (Å²) in [6.07, 6.45) is -0.134. The number of rotatable bonds is 14. The largest absolute Gasteiger partial charge is 0.390 e. The van der Waals surface area contributed by atoms with E-state index in [2.05, 4.69) is 0 Å². The molecule has 0 rings (SSSR count). The summed E-state index contributed by atoms with van der Waals surface area (Å²) in [5.74, 6) is -1.08. The number of Topliss-reactive ketones (excluding diaryl/α,β-unsaturated/α-hetero) is 2. The summed E-state index contributed by atoms with van der Waals surface area (Å²) in [5, 5.41) is 32.3. The van der Waals surface area contributed by atoms with Gasteiger partial charge in [0.2, 0.25) is 0 Å². The molecule has 5 heteroatoms. The van der Waals surface area contributed by atoms with Crippen LogP contribution in [0.3, 0.4) is 0 Å². The van der Waals surface area contributed by atoms with Crippen molar-refractivity contribution in [1.29, 1.82) is 0 Å². The van der Waals surface area contributed by atoms with E-state index >= 15 is 0 Å². The molecular formula is C22H42O5. The van der Waals surface area contributed by atoms with Crippen molar-refractivity contribution in [2.24, 2.45) is 23.7 Å². The Morgan fingerprint density at radius 1 is 0.815 bits per heavy atom. The molecule has 0 aromatic rings. The maximum Gasteiger partial charge on any atom is 0.146 e. The minimum atomic E-state index is -1.95. The molecule has 0 fully saturated rings. The molecule has 0 saturated heterocycles. The van der Waals surface area contributed by atoms with E-state index < -0.39 is 23.7 Å². The molecule has 160 valence electrons. The SMILES string of the molecule is CCC(C)C(=O)CC(=O)C(CCC(C)C)C(O)(C(C)O)C(O)CCC(C)C. The highest BCUT2D eigenvalue weighted by Crippen LogP contribution is 2.35. The fourth-order valence-corrected chi connectivity index (χ4v) is 3.37. The molecule has 0 bridgehead atoms. The Kier molecular flexibility index (Phi) is 11.6. The van der Waals surface area contributed by atoms with Gasteiger partial charge in [0.15, 0.2) is 0 Å². The molecule has 0 aromatic carbocycles. The van der Waals surface area contributed by atoms with Gasteiger partial charge in [-0.1, -0.05) is 48.0 Å². The van der Waals surface area contributed by atoms with Crippen LogP contribution in [0.15, 0.2) is 0 Å². The third kappa shape index (κ3) is 8.00. The minimum absolute atomic E-state index is 0.151. The zero-order valence-corrected chi connectivity index (χ0v) is 18.4. The van der Waals surface area contributed by atoms with Crippen LogP contribution >= 0.6 is 0 Å². The summed E-state index contributed by atoms with van der Waals surface area (Å²) < 4.78 is 0. The standard InChI is InChI=1S/C22H42O5/c1-8-16(6)19(24)13-20(25)18(11-9-14(2)3)22(27,17(7)23)21(26)12-10-15(4)5/h14-18,21,23,26-27H,8-13H2,1-7H3. The molecule has 3 N–H and O–H groups in total. The molecule has 0 spiro atoms. The van der Waals surface area contributed by atoms with Gasteiger partial charge in [0.25, 0.3) is 0 Å². The number of aliphatic hydroxyl groups excluding tert-OH is 2. The van der Waals surface area contributed by atoms with Crippen LogP contribution in [0.5, 0.6) is 0 Å². The van der Waals surface area contributed by atoms with Crippen LogP contribution in [0.2, 0.25) is 0 Å². The highest BCUT2D eigenvalue weighted by Gasteiger charge is 2.50. The van der Waals surface area contributed by atoms with Crippen LogP contribution in [-0.2, 0) is 9.59 Å². The lowest BCUT2D eigenvalue weighted by Gasteiger charge is -2.42. The first-order chi connectivity index (χ1) is 12.4. The molecule has 27 heavy (non-hydrogen) atoms. The average Bonchev–Trinajstić information content (AvgIpc) is 2.57. The third-order valence-corrected chi connectivity index (χ3v) is 5.71. The maximum absolute atomic E-state index is 13.0. The Hall–Kier alpha value is -0.780. The number of hydrogen-bond acceptors (Lipinski definition) is 5. The molecule has 0 aliphatic rings. The van der Waals surface area contributed by atoms with Crippen LogP contribution in [0.1, 0.15) is 87.0 Å². The molecule has 0 heterocycles. The molecule has 0 radical (unpaired) electrons. The normalized spacial score (nSPS) is 18.8. The summed E-state index contributed by atoms with van der Waals surface area (Å²) in [4.78, 5) is 25.3. The highest BCUT2D eigenvalue weighted by atomic mass is 16.4. The van der Waals surface area contributed by atoms with Gasteiger partial charge in [0.1, 0.15) is 17.2 Å². The fraction of sp³-hybridized carbons (Fsp3) is 0.909. The first-order valence-electron chi connectivity index (χ1n) is 10.5. The third-order valence-electron chi connectivity index (χ3n) is 5.71. The van der Waals surface area contributed by atoms with E-state index in [1.807, 2.05) is 34.6 Å². The van der Waals surface area contributed by atoms with E-state index in [4.69, 9.17) is 0 Å². The Morgan fingerprint density at radius 3 is 1.70 bits per heavy atom. The van der Waals surface area contributed by atoms with E-state index in [9.17, 15) is 24.9 Å². The van der Waals surface area contributed by atoms with Crippen molar-refractivity contribution in [3.05, 3.63) is 0 Å². The lowest BCUT2D eigenvalue weighted by molar-refractivity contribution is -0.183. The summed E-state index contributed by atoms with van der Waals surface area (Å²) in [6, 6.07) is 0. The van der Waals surface area contributed by atoms with Crippen LogP contribution in [0, 0.1) is 23.7 Å². The Balaban J connectivity index is 5.67. The second-order valence-electron chi connectivity index (χ2n) is 8.99. The molecule has 0 aliphatic carbocycles. The van der Waals surface area contributed by atoms with Gasteiger partial charge in [-0.05, 0) is 44.4 Å². The van der Waals surface area contributed by atoms with Crippen molar-refractivity contribution in [3.8, 4) is 0 Å². The topological polar surface area (TPSA) is 94.8 Å². The predicted molar refractivity (Wildman–Crippen MR) is 108 cm³/mol. The molecule has 0 aromatic heterocycles. The van der Waals surface area contributed by atoms with Crippen molar-refractivity contribution in [2.45, 2.75) is 105 Å². The first kappa shape index (κ1) is 26.2. The van der Waals surface area contributed by atoms with Crippen LogP contribution in [0.4, 0.5) is 0 Å². The predicted octanol–water partition coefficient (Wildman–Crippen LogP) is 3.52. The van der Waals surface area contributed by atoms with Gasteiger partial charge >= 0.3 is 0 Å².